The Morgan fingerprint density at radius 2 is 1.93 bits per heavy atom. The fraction of sp³-hybridized carbons (Fsp3) is 0.174. The van der Waals surface area contributed by atoms with E-state index in [0.29, 0.717) is 18.8 Å². The van der Waals surface area contributed by atoms with Gasteiger partial charge in [0.1, 0.15) is 12.3 Å². The summed E-state index contributed by atoms with van der Waals surface area (Å²) in [4.78, 5) is 25.6. The number of amides is 2. The minimum atomic E-state index is -0.331. The second kappa shape index (κ2) is 8.53. The number of nitrogens with zero attached hydrogens (tertiary/aromatic N) is 3. The van der Waals surface area contributed by atoms with Crippen LogP contribution in [0, 0.1) is 11.8 Å². The molecule has 30 heavy (non-hydrogen) atoms. The van der Waals surface area contributed by atoms with E-state index in [1.165, 1.54) is 0 Å². The van der Waals surface area contributed by atoms with Crippen molar-refractivity contribution in [2.75, 3.05) is 24.6 Å². The Kier molecular flexibility index (Phi) is 5.48. The average molecular weight is 400 g/mol. The fourth-order valence-corrected chi connectivity index (χ4v) is 3.14. The molecule has 0 radical (unpaired) electrons. The molecule has 0 bridgehead atoms. The van der Waals surface area contributed by atoms with E-state index in [2.05, 4.69) is 22.3 Å². The van der Waals surface area contributed by atoms with Gasteiger partial charge in [-0.15, -0.1) is 0 Å². The highest BCUT2D eigenvalue weighted by atomic mass is 16.6. The van der Waals surface area contributed by atoms with Crippen LogP contribution in [0.5, 0.6) is 0 Å². The van der Waals surface area contributed by atoms with E-state index in [-0.39, 0.29) is 18.5 Å². The molecular formula is C23H20N4O3. The second-order valence-electron chi connectivity index (χ2n) is 6.70. The normalized spacial score (nSPS) is 12.8. The third-order valence-corrected chi connectivity index (χ3v) is 4.69. The van der Waals surface area contributed by atoms with Crippen molar-refractivity contribution < 1.29 is 14.3 Å². The summed E-state index contributed by atoms with van der Waals surface area (Å²) in [6.45, 7) is 1.17. The first-order valence-corrected chi connectivity index (χ1v) is 9.53. The molecule has 1 N–H and O–H groups in total. The zero-order valence-electron chi connectivity index (χ0n) is 16.5. The topological polar surface area (TPSA) is 76.5 Å². The Morgan fingerprint density at radius 1 is 1.17 bits per heavy atom. The number of nitrogens with one attached hydrogen (secondary N) is 1. The zero-order valence-corrected chi connectivity index (χ0v) is 16.5. The molecule has 2 aromatic carbocycles. The SMILES string of the molecule is Cn1nc(-c2ccccc2)cc1C(=O)NCC#Cc1ccc(N2CCOC2=O)cc1. The highest BCUT2D eigenvalue weighted by molar-refractivity contribution is 5.93. The summed E-state index contributed by atoms with van der Waals surface area (Å²) in [6.07, 6.45) is -0.331. The summed E-state index contributed by atoms with van der Waals surface area (Å²) in [6, 6.07) is 18.8. The highest BCUT2D eigenvalue weighted by Gasteiger charge is 2.23. The van der Waals surface area contributed by atoms with Crippen molar-refractivity contribution in [1.29, 1.82) is 0 Å². The van der Waals surface area contributed by atoms with E-state index in [1.807, 2.05) is 54.6 Å². The third kappa shape index (κ3) is 4.18. The van der Waals surface area contributed by atoms with Crippen LogP contribution in [-0.4, -0.2) is 41.5 Å². The molecule has 2 heterocycles. The van der Waals surface area contributed by atoms with Gasteiger partial charge in [-0.3, -0.25) is 14.4 Å². The number of cyclic esters (lactones) is 1. The molecule has 0 spiro atoms. The Balaban J connectivity index is 1.35. The number of aromatic nitrogens is 2. The van der Waals surface area contributed by atoms with Crippen LogP contribution < -0.4 is 10.2 Å². The van der Waals surface area contributed by atoms with Gasteiger partial charge in [0, 0.05) is 23.9 Å². The first kappa shape index (κ1) is 19.3. The van der Waals surface area contributed by atoms with Gasteiger partial charge in [0.05, 0.1) is 18.8 Å². The maximum absolute atomic E-state index is 12.5. The number of aryl methyl sites for hydroxylation is 1. The summed E-state index contributed by atoms with van der Waals surface area (Å²) in [7, 11) is 1.74. The summed E-state index contributed by atoms with van der Waals surface area (Å²) >= 11 is 0. The van der Waals surface area contributed by atoms with Gasteiger partial charge in [0.2, 0.25) is 0 Å². The van der Waals surface area contributed by atoms with Crippen molar-refractivity contribution in [3.63, 3.8) is 0 Å². The predicted molar refractivity (Wildman–Crippen MR) is 113 cm³/mol. The molecule has 2 amide bonds. The van der Waals surface area contributed by atoms with Crippen molar-refractivity contribution in [2.45, 2.75) is 0 Å². The number of anilines is 1. The Labute approximate surface area is 174 Å². The summed E-state index contributed by atoms with van der Waals surface area (Å²) in [5.74, 6) is 5.71. The van der Waals surface area contributed by atoms with Crippen LogP contribution in [0.3, 0.4) is 0 Å². The number of carbonyl (C=O) groups excluding carboxylic acids is 2. The molecule has 150 valence electrons. The van der Waals surface area contributed by atoms with Crippen molar-refractivity contribution in [3.05, 3.63) is 71.9 Å². The number of hydrogen-bond acceptors (Lipinski definition) is 4. The lowest BCUT2D eigenvalue weighted by Gasteiger charge is -2.11. The molecule has 1 aliphatic heterocycles. The third-order valence-electron chi connectivity index (χ3n) is 4.69. The van der Waals surface area contributed by atoms with Crippen molar-refractivity contribution in [3.8, 4) is 23.1 Å². The monoisotopic (exact) mass is 400 g/mol. The quantitative estimate of drug-likeness (QED) is 0.684. The maximum Gasteiger partial charge on any atom is 0.414 e. The van der Waals surface area contributed by atoms with E-state index in [9.17, 15) is 9.59 Å². The number of benzene rings is 2. The fourth-order valence-electron chi connectivity index (χ4n) is 3.14. The second-order valence-corrected chi connectivity index (χ2v) is 6.70. The maximum atomic E-state index is 12.5. The van der Waals surface area contributed by atoms with Crippen LogP contribution in [-0.2, 0) is 11.8 Å². The van der Waals surface area contributed by atoms with Gasteiger partial charge in [-0.05, 0) is 30.3 Å². The lowest BCUT2D eigenvalue weighted by molar-refractivity contribution is 0.0949. The summed E-state index contributed by atoms with van der Waals surface area (Å²) in [5.41, 5.74) is 3.75. The van der Waals surface area contributed by atoms with Crippen LogP contribution in [0.15, 0.2) is 60.7 Å². The Bertz CT molecular complexity index is 1120. The lowest BCUT2D eigenvalue weighted by Crippen LogP contribution is -2.25. The molecule has 1 fully saturated rings. The summed E-state index contributed by atoms with van der Waals surface area (Å²) < 4.78 is 6.50. The number of ether oxygens (including phenoxy) is 1. The van der Waals surface area contributed by atoms with Crippen molar-refractivity contribution >= 4 is 17.7 Å². The number of carbonyl (C=O) groups is 2. The van der Waals surface area contributed by atoms with Gasteiger partial charge in [0.15, 0.2) is 0 Å². The van der Waals surface area contributed by atoms with E-state index < -0.39 is 0 Å². The molecule has 0 aliphatic carbocycles. The first-order chi connectivity index (χ1) is 14.6. The number of hydrogen-bond donors (Lipinski definition) is 1. The minimum absolute atomic E-state index is 0.213. The van der Waals surface area contributed by atoms with Crippen LogP contribution in [0.1, 0.15) is 16.1 Å². The highest BCUT2D eigenvalue weighted by Crippen LogP contribution is 2.19. The Hall–Kier alpha value is -4.05. The van der Waals surface area contributed by atoms with E-state index >= 15 is 0 Å². The predicted octanol–water partition coefficient (Wildman–Crippen LogP) is 2.83. The molecule has 0 saturated carbocycles. The van der Waals surface area contributed by atoms with Gasteiger partial charge in [-0.1, -0.05) is 42.2 Å². The zero-order chi connectivity index (χ0) is 20.9. The van der Waals surface area contributed by atoms with Gasteiger partial charge in [-0.25, -0.2) is 4.79 Å². The van der Waals surface area contributed by atoms with Crippen molar-refractivity contribution in [1.82, 2.24) is 15.1 Å². The van der Waals surface area contributed by atoms with Gasteiger partial charge in [0.25, 0.3) is 5.91 Å². The molecule has 1 aromatic heterocycles. The van der Waals surface area contributed by atoms with Crippen LogP contribution in [0.4, 0.5) is 10.5 Å². The van der Waals surface area contributed by atoms with E-state index in [4.69, 9.17) is 4.74 Å². The molecule has 3 aromatic rings. The smallest absolute Gasteiger partial charge is 0.414 e. The first-order valence-electron chi connectivity index (χ1n) is 9.53. The largest absolute Gasteiger partial charge is 0.447 e. The molecule has 1 aliphatic rings. The molecular weight excluding hydrogens is 380 g/mol. The Morgan fingerprint density at radius 3 is 2.63 bits per heavy atom. The molecule has 7 nitrogen and oxygen atoms in total. The standard InChI is InChI=1S/C23H20N4O3/c1-26-21(16-20(25-26)18-7-3-2-4-8-18)22(28)24-13-5-6-17-9-11-19(12-10-17)27-14-15-30-23(27)29/h2-4,7-12,16H,13-15H2,1H3,(H,24,28). The number of rotatable bonds is 4. The molecule has 4 rings (SSSR count). The van der Waals surface area contributed by atoms with Crippen LogP contribution >= 0.6 is 0 Å². The van der Waals surface area contributed by atoms with Crippen LogP contribution in [0.25, 0.3) is 11.3 Å². The average Bonchev–Trinajstić information content (AvgIpc) is 3.38. The van der Waals surface area contributed by atoms with E-state index in [0.717, 1.165) is 22.5 Å². The lowest BCUT2D eigenvalue weighted by atomic mass is 10.1. The van der Waals surface area contributed by atoms with Crippen LogP contribution in [0.2, 0.25) is 0 Å². The van der Waals surface area contributed by atoms with E-state index in [1.54, 1.807) is 22.7 Å². The molecule has 0 unspecified atom stereocenters. The molecule has 7 heteroatoms. The van der Waals surface area contributed by atoms with Gasteiger partial charge in [-0.2, -0.15) is 5.10 Å². The summed E-state index contributed by atoms with van der Waals surface area (Å²) in [5, 5.41) is 7.20. The van der Waals surface area contributed by atoms with Gasteiger partial charge < -0.3 is 10.1 Å². The minimum Gasteiger partial charge on any atom is -0.447 e. The molecule has 1 saturated heterocycles. The van der Waals surface area contributed by atoms with Gasteiger partial charge >= 0.3 is 6.09 Å². The molecule has 0 atom stereocenters. The van der Waals surface area contributed by atoms with Crippen molar-refractivity contribution in [2.24, 2.45) is 7.05 Å².